The van der Waals surface area contributed by atoms with Gasteiger partial charge >= 0.3 is 0 Å². The molecule has 0 fully saturated rings. The third-order valence-corrected chi connectivity index (χ3v) is 4.82. The molecule has 0 unspecified atom stereocenters. The maximum absolute atomic E-state index is 5.95. The van der Waals surface area contributed by atoms with E-state index >= 15 is 0 Å². The number of rotatable bonds is 7. The lowest BCUT2D eigenvalue weighted by molar-refractivity contribution is 0.301. The first kappa shape index (κ1) is 17.0. The summed E-state index contributed by atoms with van der Waals surface area (Å²) in [7, 11) is 0. The summed E-state index contributed by atoms with van der Waals surface area (Å²) >= 11 is 5.10. The molecule has 3 aromatic rings. The van der Waals surface area contributed by atoms with Gasteiger partial charge in [-0.15, -0.1) is 0 Å². The second-order valence-corrected chi connectivity index (χ2v) is 7.16. The summed E-state index contributed by atoms with van der Waals surface area (Å²) in [5, 5.41) is 0.886. The predicted molar refractivity (Wildman–Crippen MR) is 101 cm³/mol. The molecular formula is C19H17BrN2OS. The van der Waals surface area contributed by atoms with Gasteiger partial charge in [-0.3, -0.25) is 4.98 Å². The van der Waals surface area contributed by atoms with Crippen molar-refractivity contribution in [3.8, 4) is 5.75 Å². The highest BCUT2D eigenvalue weighted by Crippen LogP contribution is 2.34. The van der Waals surface area contributed by atoms with Crippen LogP contribution in [0.4, 0.5) is 0 Å². The molecule has 2 heterocycles. The van der Waals surface area contributed by atoms with Gasteiger partial charge in [0.25, 0.3) is 0 Å². The van der Waals surface area contributed by atoms with Gasteiger partial charge in [-0.1, -0.05) is 39.8 Å². The molecular weight excluding hydrogens is 384 g/mol. The van der Waals surface area contributed by atoms with Crippen LogP contribution in [-0.4, -0.2) is 16.6 Å². The van der Waals surface area contributed by atoms with Crippen LogP contribution in [0, 0.1) is 0 Å². The summed E-state index contributed by atoms with van der Waals surface area (Å²) in [6, 6.07) is 16.1. The summed E-state index contributed by atoms with van der Waals surface area (Å²) < 4.78 is 7.00. The second kappa shape index (κ2) is 8.85. The minimum absolute atomic E-state index is 0.659. The zero-order valence-corrected chi connectivity index (χ0v) is 15.5. The topological polar surface area (TPSA) is 35.0 Å². The molecule has 0 aliphatic rings. The van der Waals surface area contributed by atoms with Gasteiger partial charge in [0.1, 0.15) is 5.03 Å². The van der Waals surface area contributed by atoms with E-state index < -0.39 is 0 Å². The monoisotopic (exact) mass is 400 g/mol. The van der Waals surface area contributed by atoms with E-state index in [1.165, 1.54) is 5.56 Å². The molecule has 0 amide bonds. The maximum atomic E-state index is 5.95. The Morgan fingerprint density at radius 1 is 1.04 bits per heavy atom. The molecule has 2 aromatic heterocycles. The Labute approximate surface area is 154 Å². The SMILES string of the molecule is Brc1cccc(Sc2ncccc2OCCCc2cccnc2)c1. The Morgan fingerprint density at radius 2 is 1.96 bits per heavy atom. The standard InChI is InChI=1S/C19H17BrN2OS/c20-16-7-1-8-17(13-16)24-19-18(9-3-11-22-19)23-12-4-6-15-5-2-10-21-14-15/h1-3,5,7-11,13-14H,4,6,12H2. The molecule has 0 saturated carbocycles. The molecule has 0 N–H and O–H groups in total. The van der Waals surface area contributed by atoms with E-state index in [2.05, 4.69) is 44.1 Å². The fourth-order valence-electron chi connectivity index (χ4n) is 2.21. The summed E-state index contributed by atoms with van der Waals surface area (Å²) in [6.45, 7) is 0.659. The minimum atomic E-state index is 0.659. The van der Waals surface area contributed by atoms with E-state index in [4.69, 9.17) is 4.74 Å². The Kier molecular flexibility index (Phi) is 6.26. The van der Waals surface area contributed by atoms with Crippen molar-refractivity contribution >= 4 is 27.7 Å². The first-order valence-corrected chi connectivity index (χ1v) is 9.32. The summed E-state index contributed by atoms with van der Waals surface area (Å²) in [5.74, 6) is 0.827. The Balaban J connectivity index is 1.58. The van der Waals surface area contributed by atoms with E-state index in [1.54, 1.807) is 24.2 Å². The van der Waals surface area contributed by atoms with E-state index in [-0.39, 0.29) is 0 Å². The minimum Gasteiger partial charge on any atom is -0.491 e. The largest absolute Gasteiger partial charge is 0.491 e. The van der Waals surface area contributed by atoms with Crippen LogP contribution >= 0.6 is 27.7 Å². The fraction of sp³-hybridized carbons (Fsp3) is 0.158. The van der Waals surface area contributed by atoms with Crippen molar-refractivity contribution in [2.45, 2.75) is 22.8 Å². The summed E-state index contributed by atoms with van der Waals surface area (Å²) in [6.07, 6.45) is 7.40. The van der Waals surface area contributed by atoms with Gasteiger partial charge in [-0.05, 0) is 54.8 Å². The van der Waals surface area contributed by atoms with Crippen LogP contribution in [0.3, 0.4) is 0 Å². The predicted octanol–water partition coefficient (Wildman–Crippen LogP) is 5.40. The highest BCUT2D eigenvalue weighted by molar-refractivity contribution is 9.10. The molecule has 3 nitrogen and oxygen atoms in total. The Bertz CT molecular complexity index is 783. The van der Waals surface area contributed by atoms with Crippen molar-refractivity contribution in [2.75, 3.05) is 6.61 Å². The molecule has 5 heteroatoms. The van der Waals surface area contributed by atoms with Crippen LogP contribution in [0.1, 0.15) is 12.0 Å². The lowest BCUT2D eigenvalue weighted by Crippen LogP contribution is -2.01. The zero-order valence-electron chi connectivity index (χ0n) is 13.1. The Morgan fingerprint density at radius 3 is 2.79 bits per heavy atom. The van der Waals surface area contributed by atoms with Crippen LogP contribution in [-0.2, 0) is 6.42 Å². The van der Waals surface area contributed by atoms with Crippen LogP contribution in [0.15, 0.2) is 81.5 Å². The fourth-order valence-corrected chi connectivity index (χ4v) is 3.66. The zero-order chi connectivity index (χ0) is 16.6. The number of hydrogen-bond donors (Lipinski definition) is 0. The maximum Gasteiger partial charge on any atom is 0.151 e. The van der Waals surface area contributed by atoms with Gasteiger partial charge in [-0.2, -0.15) is 0 Å². The molecule has 3 rings (SSSR count). The third-order valence-electron chi connectivity index (χ3n) is 3.34. The van der Waals surface area contributed by atoms with Crippen molar-refractivity contribution in [1.29, 1.82) is 0 Å². The molecule has 0 atom stereocenters. The highest BCUT2D eigenvalue weighted by atomic mass is 79.9. The average Bonchev–Trinajstić information content (AvgIpc) is 2.61. The molecule has 24 heavy (non-hydrogen) atoms. The van der Waals surface area contributed by atoms with Crippen LogP contribution in [0.5, 0.6) is 5.75 Å². The van der Waals surface area contributed by atoms with Gasteiger partial charge in [0.2, 0.25) is 0 Å². The van der Waals surface area contributed by atoms with E-state index in [0.29, 0.717) is 6.61 Å². The molecule has 0 radical (unpaired) electrons. The van der Waals surface area contributed by atoms with E-state index in [9.17, 15) is 0 Å². The molecule has 0 aliphatic carbocycles. The third kappa shape index (κ3) is 5.08. The normalized spacial score (nSPS) is 10.5. The van der Waals surface area contributed by atoms with Crippen molar-refractivity contribution in [3.63, 3.8) is 0 Å². The van der Waals surface area contributed by atoms with Crippen molar-refractivity contribution in [3.05, 3.63) is 77.2 Å². The van der Waals surface area contributed by atoms with Gasteiger partial charge in [0.05, 0.1) is 6.61 Å². The molecule has 0 aliphatic heterocycles. The highest BCUT2D eigenvalue weighted by Gasteiger charge is 2.07. The van der Waals surface area contributed by atoms with Crippen LogP contribution in [0.25, 0.3) is 0 Å². The quantitative estimate of drug-likeness (QED) is 0.497. The van der Waals surface area contributed by atoms with Gasteiger partial charge in [0.15, 0.2) is 5.75 Å². The lowest BCUT2D eigenvalue weighted by atomic mass is 10.2. The molecule has 1 aromatic carbocycles. The number of aryl methyl sites for hydroxylation is 1. The van der Waals surface area contributed by atoms with E-state index in [0.717, 1.165) is 33.0 Å². The van der Waals surface area contributed by atoms with Gasteiger partial charge < -0.3 is 4.74 Å². The number of pyridine rings is 2. The summed E-state index contributed by atoms with van der Waals surface area (Å²) in [4.78, 5) is 9.71. The lowest BCUT2D eigenvalue weighted by Gasteiger charge is -2.10. The van der Waals surface area contributed by atoms with Gasteiger partial charge in [0, 0.05) is 28.0 Å². The second-order valence-electron chi connectivity index (χ2n) is 5.18. The van der Waals surface area contributed by atoms with Gasteiger partial charge in [-0.25, -0.2) is 4.98 Å². The van der Waals surface area contributed by atoms with Crippen LogP contribution < -0.4 is 4.74 Å². The number of hydrogen-bond acceptors (Lipinski definition) is 4. The van der Waals surface area contributed by atoms with Crippen molar-refractivity contribution in [2.24, 2.45) is 0 Å². The number of benzene rings is 1. The first-order chi connectivity index (χ1) is 11.8. The number of aromatic nitrogens is 2. The smallest absolute Gasteiger partial charge is 0.151 e. The number of halogens is 1. The number of ether oxygens (including phenoxy) is 1. The van der Waals surface area contributed by atoms with E-state index in [1.807, 2.05) is 36.5 Å². The molecule has 0 bridgehead atoms. The number of nitrogens with zero attached hydrogens (tertiary/aromatic N) is 2. The molecule has 122 valence electrons. The first-order valence-electron chi connectivity index (χ1n) is 7.71. The average molecular weight is 401 g/mol. The van der Waals surface area contributed by atoms with Crippen LogP contribution in [0.2, 0.25) is 0 Å². The van der Waals surface area contributed by atoms with Crippen molar-refractivity contribution < 1.29 is 4.74 Å². The molecule has 0 spiro atoms. The van der Waals surface area contributed by atoms with Crippen molar-refractivity contribution in [1.82, 2.24) is 9.97 Å². The Hall–Kier alpha value is -1.85. The summed E-state index contributed by atoms with van der Waals surface area (Å²) in [5.41, 5.74) is 1.23. The molecule has 0 saturated heterocycles.